The maximum Gasteiger partial charge on any atom is 0.229 e. The van der Waals surface area contributed by atoms with Gasteiger partial charge in [-0.05, 0) is 25.3 Å². The molecule has 4 unspecified atom stereocenters. The molecule has 2 bridgehead atoms. The van der Waals surface area contributed by atoms with Crippen LogP contribution in [0.15, 0.2) is 34.7 Å². The third kappa shape index (κ3) is 2.81. The summed E-state index contributed by atoms with van der Waals surface area (Å²) in [7, 11) is 1.85. The number of aliphatic imine (C=N–C) groups is 1. The first-order valence-corrected chi connectivity index (χ1v) is 10.9. The molecule has 1 aromatic rings. The number of dihydropyridines is 1. The molecular weight excluding hydrogens is 397 g/mol. The van der Waals surface area contributed by atoms with E-state index in [4.69, 9.17) is 0 Å². The number of alkyl halides is 1. The number of aromatic nitrogens is 2. The van der Waals surface area contributed by atoms with Crippen molar-refractivity contribution in [1.82, 2.24) is 24.9 Å². The highest BCUT2D eigenvalue weighted by Crippen LogP contribution is 2.43. The Balaban J connectivity index is 1.28. The van der Waals surface area contributed by atoms with Gasteiger partial charge in [-0.2, -0.15) is 10.4 Å². The number of rotatable bonds is 3. The molecule has 1 N–H and O–H groups in total. The quantitative estimate of drug-likeness (QED) is 0.792. The van der Waals surface area contributed by atoms with Gasteiger partial charge in [0.05, 0.1) is 35.4 Å². The zero-order valence-electron chi connectivity index (χ0n) is 17.3. The highest BCUT2D eigenvalue weighted by molar-refractivity contribution is 5.83. The number of nitrogens with one attached hydrogen (secondary N) is 1. The molecule has 31 heavy (non-hydrogen) atoms. The van der Waals surface area contributed by atoms with Gasteiger partial charge >= 0.3 is 0 Å². The Bertz CT molecular complexity index is 1070. The van der Waals surface area contributed by atoms with Crippen molar-refractivity contribution in [2.75, 3.05) is 13.1 Å². The van der Waals surface area contributed by atoms with E-state index >= 15 is 0 Å². The van der Waals surface area contributed by atoms with E-state index in [1.807, 2.05) is 30.4 Å². The van der Waals surface area contributed by atoms with Crippen molar-refractivity contribution in [1.29, 1.82) is 5.26 Å². The van der Waals surface area contributed by atoms with Crippen LogP contribution in [0.5, 0.6) is 0 Å². The molecule has 1 aromatic heterocycles. The number of carbonyl (C=O) groups is 1. The molecule has 1 saturated carbocycles. The van der Waals surface area contributed by atoms with Gasteiger partial charge in [0, 0.05) is 55.9 Å². The topological polar surface area (TPSA) is 89.5 Å². The maximum atomic E-state index is 13.5. The lowest BCUT2D eigenvalue weighted by Gasteiger charge is -2.45. The molecule has 6 atom stereocenters. The predicted molar refractivity (Wildman–Crippen MR) is 111 cm³/mol. The Kier molecular flexibility index (Phi) is 4.01. The average molecular weight is 421 g/mol. The summed E-state index contributed by atoms with van der Waals surface area (Å²) < 4.78 is 15.2. The minimum atomic E-state index is -0.957. The van der Waals surface area contributed by atoms with E-state index in [0.717, 1.165) is 42.9 Å². The number of aryl methyl sites for hydroxylation is 1. The van der Waals surface area contributed by atoms with Crippen molar-refractivity contribution < 1.29 is 9.18 Å². The van der Waals surface area contributed by atoms with Gasteiger partial charge in [0.25, 0.3) is 0 Å². The van der Waals surface area contributed by atoms with Gasteiger partial charge in [0.1, 0.15) is 12.3 Å². The molecule has 3 fully saturated rings. The van der Waals surface area contributed by atoms with E-state index in [-0.39, 0.29) is 30.1 Å². The molecular formula is C22H24FN7O. The molecule has 0 aromatic carbocycles. The summed E-state index contributed by atoms with van der Waals surface area (Å²) in [4.78, 5) is 21.6. The van der Waals surface area contributed by atoms with E-state index < -0.39 is 12.1 Å². The van der Waals surface area contributed by atoms with Crippen molar-refractivity contribution in [2.24, 2.45) is 23.9 Å². The average Bonchev–Trinajstić information content (AvgIpc) is 3.07. The summed E-state index contributed by atoms with van der Waals surface area (Å²) in [5.74, 6) is -0.588. The number of nitriles is 1. The van der Waals surface area contributed by atoms with Crippen LogP contribution in [0, 0.1) is 23.2 Å². The van der Waals surface area contributed by atoms with Crippen LogP contribution in [-0.4, -0.2) is 69.2 Å². The molecule has 9 heteroatoms. The summed E-state index contributed by atoms with van der Waals surface area (Å²) in [5, 5.41) is 17.7. The second-order valence-corrected chi connectivity index (χ2v) is 9.15. The number of hydrogen-bond acceptors (Lipinski definition) is 6. The first-order chi connectivity index (χ1) is 15.0. The van der Waals surface area contributed by atoms with Gasteiger partial charge in [0.2, 0.25) is 5.91 Å². The SMILES string of the molecule is Cn1cc(C2=C(C#N)C3C(N4CC5CCC(C4)N5C(=O)[C@@H]4C[C@H]4F)=CC=NC3N2)cn1. The molecule has 0 radical (unpaired) electrons. The van der Waals surface area contributed by atoms with Gasteiger partial charge in [-0.25, -0.2) is 4.39 Å². The largest absolute Gasteiger partial charge is 0.370 e. The molecule has 6 rings (SSSR count). The summed E-state index contributed by atoms with van der Waals surface area (Å²) in [6.07, 6.45) is 8.56. The lowest BCUT2D eigenvalue weighted by molar-refractivity contribution is -0.138. The van der Waals surface area contributed by atoms with Gasteiger partial charge < -0.3 is 15.1 Å². The molecule has 2 saturated heterocycles. The van der Waals surface area contributed by atoms with Crippen LogP contribution in [-0.2, 0) is 11.8 Å². The Labute approximate surface area is 179 Å². The number of likely N-dealkylation sites (tertiary alicyclic amines) is 1. The number of piperazine rings is 1. The van der Waals surface area contributed by atoms with Crippen molar-refractivity contribution in [3.8, 4) is 6.07 Å². The molecule has 8 nitrogen and oxygen atoms in total. The first kappa shape index (κ1) is 18.6. The van der Waals surface area contributed by atoms with Crippen LogP contribution < -0.4 is 5.32 Å². The fraction of sp³-hybridized carbons (Fsp3) is 0.545. The minimum Gasteiger partial charge on any atom is -0.370 e. The zero-order chi connectivity index (χ0) is 21.3. The number of amides is 1. The molecule has 1 aliphatic carbocycles. The van der Waals surface area contributed by atoms with Gasteiger partial charge in [-0.3, -0.25) is 14.5 Å². The molecule has 0 spiro atoms. The standard InChI is InChI=1S/C22H24FN7O/c1-28-9-12(8-26-28)20-16(7-24)19-18(4-5-25-21(19)27-20)29-10-13-2-3-14(11-29)30(13)22(31)15-6-17(15)23/h4-5,8-9,13-15,17,19,21,27H,2-3,6,10-11H2,1H3/t13?,14?,15-,17-,19?,21?/m1/s1. The fourth-order valence-electron chi connectivity index (χ4n) is 5.67. The van der Waals surface area contributed by atoms with Gasteiger partial charge in [-0.1, -0.05) is 0 Å². The Hall–Kier alpha value is -3.15. The smallest absolute Gasteiger partial charge is 0.229 e. The zero-order valence-corrected chi connectivity index (χ0v) is 17.3. The van der Waals surface area contributed by atoms with E-state index in [9.17, 15) is 14.4 Å². The Morgan fingerprint density at radius 1 is 1.32 bits per heavy atom. The van der Waals surface area contributed by atoms with Crippen molar-refractivity contribution in [3.63, 3.8) is 0 Å². The van der Waals surface area contributed by atoms with Crippen LogP contribution in [0.3, 0.4) is 0 Å². The van der Waals surface area contributed by atoms with Crippen molar-refractivity contribution in [3.05, 3.63) is 35.3 Å². The minimum absolute atomic E-state index is 0.00396. The summed E-state index contributed by atoms with van der Waals surface area (Å²) in [6, 6.07) is 2.64. The van der Waals surface area contributed by atoms with Crippen LogP contribution in [0.25, 0.3) is 5.70 Å². The second kappa shape index (κ2) is 6.67. The van der Waals surface area contributed by atoms with E-state index in [2.05, 4.69) is 26.4 Å². The lowest BCUT2D eigenvalue weighted by Crippen LogP contribution is -2.57. The summed E-state index contributed by atoms with van der Waals surface area (Å²) >= 11 is 0. The highest BCUT2D eigenvalue weighted by atomic mass is 19.1. The number of carbonyl (C=O) groups excluding carboxylic acids is 1. The maximum absolute atomic E-state index is 13.5. The molecule has 1 amide bonds. The van der Waals surface area contributed by atoms with Crippen LogP contribution in [0.1, 0.15) is 24.8 Å². The van der Waals surface area contributed by atoms with Crippen LogP contribution in [0.4, 0.5) is 4.39 Å². The fourth-order valence-corrected chi connectivity index (χ4v) is 5.67. The number of fused-ring (bicyclic) bond motifs is 3. The van der Waals surface area contributed by atoms with E-state index in [1.165, 1.54) is 0 Å². The monoisotopic (exact) mass is 421 g/mol. The van der Waals surface area contributed by atoms with Crippen LogP contribution >= 0.6 is 0 Å². The van der Waals surface area contributed by atoms with E-state index in [0.29, 0.717) is 12.0 Å². The lowest BCUT2D eigenvalue weighted by atomic mass is 9.91. The molecule has 5 aliphatic rings. The second-order valence-electron chi connectivity index (χ2n) is 9.15. The van der Waals surface area contributed by atoms with Crippen molar-refractivity contribution in [2.45, 2.75) is 43.7 Å². The number of nitrogens with zero attached hydrogens (tertiary/aromatic N) is 6. The summed E-state index contributed by atoms with van der Waals surface area (Å²) in [5.41, 5.74) is 3.41. The summed E-state index contributed by atoms with van der Waals surface area (Å²) in [6.45, 7) is 1.44. The molecule has 5 heterocycles. The number of halogens is 1. The third-order valence-corrected chi connectivity index (χ3v) is 7.24. The number of hydrogen-bond donors (Lipinski definition) is 1. The predicted octanol–water partition coefficient (Wildman–Crippen LogP) is 1.20. The van der Waals surface area contributed by atoms with Crippen molar-refractivity contribution >= 4 is 17.8 Å². The normalized spacial score (nSPS) is 35.6. The molecule has 4 aliphatic heterocycles. The van der Waals surface area contributed by atoms with Gasteiger partial charge in [-0.15, -0.1) is 0 Å². The highest BCUT2D eigenvalue weighted by Gasteiger charge is 2.52. The van der Waals surface area contributed by atoms with Crippen LogP contribution in [0.2, 0.25) is 0 Å². The van der Waals surface area contributed by atoms with Gasteiger partial charge in [0.15, 0.2) is 0 Å². The first-order valence-electron chi connectivity index (χ1n) is 10.9. The Morgan fingerprint density at radius 2 is 2.06 bits per heavy atom. The van der Waals surface area contributed by atoms with E-state index in [1.54, 1.807) is 10.9 Å². The number of allylic oxidation sites excluding steroid dienone is 1. The Morgan fingerprint density at radius 3 is 2.68 bits per heavy atom. The molecule has 160 valence electrons. The third-order valence-electron chi connectivity index (χ3n) is 7.24.